The summed E-state index contributed by atoms with van der Waals surface area (Å²) in [5, 5.41) is 11.3. The Kier molecular flexibility index (Phi) is 15.7. The van der Waals surface area contributed by atoms with E-state index in [1.807, 2.05) is 12.1 Å². The number of amides is 1. The lowest BCUT2D eigenvalue weighted by Crippen LogP contribution is -2.11. The van der Waals surface area contributed by atoms with Gasteiger partial charge in [-0.1, -0.05) is 82.8 Å². The van der Waals surface area contributed by atoms with E-state index in [1.54, 1.807) is 42.5 Å². The number of alkyl halides is 1. The molecule has 4 aromatic rings. The van der Waals surface area contributed by atoms with Gasteiger partial charge in [-0.15, -0.1) is 11.6 Å². The van der Waals surface area contributed by atoms with E-state index in [0.717, 1.165) is 23.1 Å². The molecule has 3 N–H and O–H groups in total. The van der Waals surface area contributed by atoms with Crippen LogP contribution in [0.4, 0.5) is 17.1 Å². The summed E-state index contributed by atoms with van der Waals surface area (Å²) < 4.78 is 7.38. The molecule has 0 aliphatic heterocycles. The molecule has 0 saturated heterocycles. The Labute approximate surface area is 261 Å². The standard InChI is InChI=1S/C11H5Cl2N3OS.C7H6N2.C4Cl3NOS.CH3Cl/c12-8-9(18-16-10(8)13)11(17)15-7-4-2-1-3-6(7)5-14;1-9-7-5-3-2-4-6(7)8;5-1-2(4(7)9)10-8-3(1)6;1-2/h1-4H,(H,15,17);2-5H,8H2;;1H3. The molecular formula is C23H14Cl6N6O2S2. The third kappa shape index (κ3) is 10.5. The Morgan fingerprint density at radius 3 is 1.87 bits per heavy atom. The number of carbonyl (C=O) groups is 2. The molecule has 0 atom stereocenters. The van der Waals surface area contributed by atoms with Crippen LogP contribution in [0.1, 0.15) is 24.9 Å². The van der Waals surface area contributed by atoms with Crippen molar-refractivity contribution in [1.82, 2.24) is 8.75 Å². The van der Waals surface area contributed by atoms with Crippen LogP contribution in [0.2, 0.25) is 20.4 Å². The molecule has 39 heavy (non-hydrogen) atoms. The van der Waals surface area contributed by atoms with Gasteiger partial charge in [-0.3, -0.25) is 9.59 Å². The Morgan fingerprint density at radius 2 is 1.46 bits per heavy atom. The summed E-state index contributed by atoms with van der Waals surface area (Å²) in [6.07, 6.45) is 1.47. The summed E-state index contributed by atoms with van der Waals surface area (Å²) in [5.74, 6) is -0.438. The van der Waals surface area contributed by atoms with Gasteiger partial charge < -0.3 is 11.1 Å². The number of nitrogens with two attached hydrogens (primary N) is 1. The second-order valence-electron chi connectivity index (χ2n) is 6.29. The van der Waals surface area contributed by atoms with Crippen molar-refractivity contribution in [2.24, 2.45) is 0 Å². The summed E-state index contributed by atoms with van der Waals surface area (Å²) in [6.45, 7) is 6.63. The Balaban J connectivity index is 0.000000307. The summed E-state index contributed by atoms with van der Waals surface area (Å²) in [5.41, 5.74) is 7.29. The average Bonchev–Trinajstić information content (AvgIpc) is 3.46. The molecule has 16 heteroatoms. The maximum atomic E-state index is 11.9. The normalized spacial score (nSPS) is 9.15. The second kappa shape index (κ2) is 17.9. The number of nitrogens with zero attached hydrogens (tertiary/aromatic N) is 4. The van der Waals surface area contributed by atoms with Crippen LogP contribution in [0.15, 0.2) is 48.5 Å². The number of hydrogen-bond acceptors (Lipinski definition) is 8. The van der Waals surface area contributed by atoms with Crippen molar-refractivity contribution >= 4 is 121 Å². The quantitative estimate of drug-likeness (QED) is 0.0961. The zero-order valence-corrected chi connectivity index (χ0v) is 25.6. The number of aromatic nitrogens is 2. The van der Waals surface area contributed by atoms with Crippen molar-refractivity contribution in [3.8, 4) is 6.07 Å². The average molecular weight is 683 g/mol. The van der Waals surface area contributed by atoms with Gasteiger partial charge in [-0.05, 0) is 46.8 Å². The minimum absolute atomic E-state index is 0.0976. The van der Waals surface area contributed by atoms with E-state index >= 15 is 0 Å². The highest BCUT2D eigenvalue weighted by Crippen LogP contribution is 2.30. The minimum Gasteiger partial charge on any atom is -0.407 e. The molecule has 1 amide bonds. The summed E-state index contributed by atoms with van der Waals surface area (Å²) in [6, 6.07) is 15.7. The van der Waals surface area contributed by atoms with Gasteiger partial charge in [-0.2, -0.15) is 14.0 Å². The van der Waals surface area contributed by atoms with Crippen LogP contribution < -0.4 is 11.1 Å². The second-order valence-corrected chi connectivity index (χ2v) is 9.65. The number of nitriles is 1. The van der Waals surface area contributed by atoms with Crippen molar-refractivity contribution in [2.45, 2.75) is 0 Å². The highest BCUT2D eigenvalue weighted by atomic mass is 35.5. The number of anilines is 2. The topological polar surface area (TPSA) is 126 Å². The molecule has 202 valence electrons. The van der Waals surface area contributed by atoms with Gasteiger partial charge in [0, 0.05) is 12.1 Å². The molecule has 8 nitrogen and oxygen atoms in total. The van der Waals surface area contributed by atoms with Crippen LogP contribution in [0.5, 0.6) is 0 Å². The number of nitrogen functional groups attached to an aromatic ring is 1. The van der Waals surface area contributed by atoms with Gasteiger partial charge in [0.1, 0.15) is 25.9 Å². The van der Waals surface area contributed by atoms with Crippen molar-refractivity contribution in [3.05, 3.63) is 95.6 Å². The molecule has 2 aromatic carbocycles. The zero-order valence-electron chi connectivity index (χ0n) is 19.4. The largest absolute Gasteiger partial charge is 0.407 e. The van der Waals surface area contributed by atoms with E-state index in [0.29, 0.717) is 22.6 Å². The van der Waals surface area contributed by atoms with Gasteiger partial charge in [0.15, 0.2) is 10.3 Å². The van der Waals surface area contributed by atoms with Gasteiger partial charge in [0.2, 0.25) is 5.69 Å². The van der Waals surface area contributed by atoms with E-state index in [1.165, 1.54) is 6.38 Å². The first-order valence-corrected chi connectivity index (χ1v) is 14.0. The number of nitrogens with one attached hydrogen (secondary N) is 1. The van der Waals surface area contributed by atoms with Crippen LogP contribution in [0.25, 0.3) is 4.85 Å². The fraction of sp³-hybridized carbons (Fsp3) is 0.0435. The number of halogens is 6. The van der Waals surface area contributed by atoms with E-state index in [-0.39, 0.29) is 30.1 Å². The van der Waals surface area contributed by atoms with Crippen LogP contribution >= 0.6 is 92.7 Å². The van der Waals surface area contributed by atoms with E-state index in [4.69, 9.17) is 75.6 Å². The van der Waals surface area contributed by atoms with Gasteiger partial charge in [-0.25, -0.2) is 4.85 Å². The van der Waals surface area contributed by atoms with E-state index in [2.05, 4.69) is 30.5 Å². The van der Waals surface area contributed by atoms with Crippen LogP contribution in [-0.4, -0.2) is 26.3 Å². The van der Waals surface area contributed by atoms with Crippen molar-refractivity contribution in [2.75, 3.05) is 17.4 Å². The maximum absolute atomic E-state index is 11.9. The first-order valence-electron chi connectivity index (χ1n) is 9.82. The number of benzene rings is 2. The molecule has 0 radical (unpaired) electrons. The van der Waals surface area contributed by atoms with Crippen molar-refractivity contribution in [3.63, 3.8) is 0 Å². The smallest absolute Gasteiger partial charge is 0.269 e. The van der Waals surface area contributed by atoms with Crippen molar-refractivity contribution < 1.29 is 9.59 Å². The van der Waals surface area contributed by atoms with Gasteiger partial charge >= 0.3 is 0 Å². The third-order valence-electron chi connectivity index (χ3n) is 3.93. The lowest BCUT2D eigenvalue weighted by atomic mass is 10.2. The third-order valence-corrected chi connectivity index (χ3v) is 7.83. The lowest BCUT2D eigenvalue weighted by Gasteiger charge is -2.04. The first kappa shape index (κ1) is 34.4. The summed E-state index contributed by atoms with van der Waals surface area (Å²) in [7, 11) is 0. The number of carbonyl (C=O) groups excluding carboxylic acids is 2. The van der Waals surface area contributed by atoms with Gasteiger partial charge in [0.05, 0.1) is 17.8 Å². The molecule has 0 aliphatic rings. The zero-order chi connectivity index (χ0) is 29.5. The molecule has 0 saturated carbocycles. The molecule has 0 bridgehead atoms. The molecule has 4 rings (SSSR count). The maximum Gasteiger partial charge on any atom is 0.269 e. The minimum atomic E-state index is -0.630. The van der Waals surface area contributed by atoms with Crippen LogP contribution in [0.3, 0.4) is 0 Å². The number of para-hydroxylation sites is 3. The SMILES string of the molecule is CCl.N#Cc1ccccc1NC(=O)c1snc(Cl)c1Cl.O=C(Cl)c1snc(Cl)c1Cl.[C-]#[N+]c1ccccc1N. The highest BCUT2D eigenvalue weighted by molar-refractivity contribution is 7.11. The van der Waals surface area contributed by atoms with Crippen LogP contribution in [-0.2, 0) is 0 Å². The molecule has 0 fully saturated rings. The van der Waals surface area contributed by atoms with E-state index < -0.39 is 11.1 Å². The summed E-state index contributed by atoms with van der Waals surface area (Å²) in [4.78, 5) is 26.0. The lowest BCUT2D eigenvalue weighted by molar-refractivity contribution is 0.102. The fourth-order valence-corrected chi connectivity index (χ4v) is 4.64. The molecule has 0 aliphatic carbocycles. The molecule has 2 aromatic heterocycles. The number of hydrogen-bond donors (Lipinski definition) is 2. The Bertz CT molecular complexity index is 1510. The molecule has 0 unspecified atom stereocenters. The molecule has 0 spiro atoms. The van der Waals surface area contributed by atoms with Gasteiger partial charge in [0.25, 0.3) is 11.1 Å². The van der Waals surface area contributed by atoms with Crippen molar-refractivity contribution in [1.29, 1.82) is 5.26 Å². The first-order chi connectivity index (χ1) is 18.6. The highest BCUT2D eigenvalue weighted by Gasteiger charge is 2.18. The molecule has 2 heterocycles. The molecular weight excluding hydrogens is 669 g/mol. The number of rotatable bonds is 3. The Morgan fingerprint density at radius 1 is 0.949 bits per heavy atom. The van der Waals surface area contributed by atoms with E-state index in [9.17, 15) is 9.59 Å². The van der Waals surface area contributed by atoms with Crippen LogP contribution in [0, 0.1) is 17.9 Å². The Hall–Kier alpha value is -2.64. The fourth-order valence-electron chi connectivity index (χ4n) is 2.24. The predicted octanol–water partition coefficient (Wildman–Crippen LogP) is 9.08. The predicted molar refractivity (Wildman–Crippen MR) is 162 cm³/mol. The summed E-state index contributed by atoms with van der Waals surface area (Å²) >= 11 is 34.0. The monoisotopic (exact) mass is 680 g/mol.